The molecule has 1 rings (SSSR count). The summed E-state index contributed by atoms with van der Waals surface area (Å²) >= 11 is 0. The SMILES string of the molecule is NCC(F)(C(=O)O)c1ccccc1. The van der Waals surface area contributed by atoms with Crippen molar-refractivity contribution in [2.45, 2.75) is 5.67 Å². The van der Waals surface area contributed by atoms with Crippen LogP contribution < -0.4 is 5.73 Å². The molecule has 4 heteroatoms. The Hall–Kier alpha value is -1.42. The van der Waals surface area contributed by atoms with E-state index in [4.69, 9.17) is 10.8 Å². The summed E-state index contributed by atoms with van der Waals surface area (Å²) in [6, 6.07) is 7.63. The fraction of sp³-hybridized carbons (Fsp3) is 0.222. The summed E-state index contributed by atoms with van der Waals surface area (Å²) in [5.41, 5.74) is 2.69. The lowest BCUT2D eigenvalue weighted by atomic mass is 9.96. The Morgan fingerprint density at radius 1 is 1.46 bits per heavy atom. The third kappa shape index (κ3) is 1.67. The van der Waals surface area contributed by atoms with E-state index in [2.05, 4.69) is 0 Å². The van der Waals surface area contributed by atoms with Crippen LogP contribution in [0.2, 0.25) is 0 Å². The zero-order valence-electron chi connectivity index (χ0n) is 6.90. The van der Waals surface area contributed by atoms with Gasteiger partial charge in [0.05, 0.1) is 0 Å². The van der Waals surface area contributed by atoms with Crippen molar-refractivity contribution >= 4 is 5.97 Å². The molecule has 1 atom stereocenters. The topological polar surface area (TPSA) is 63.3 Å². The van der Waals surface area contributed by atoms with Crippen molar-refractivity contribution in [1.29, 1.82) is 0 Å². The standard InChI is InChI=1S/C9H10FNO2/c10-9(6-11,8(12)13)7-4-2-1-3-5-7/h1-5H,6,11H2,(H,12,13). The van der Waals surface area contributed by atoms with Crippen LogP contribution >= 0.6 is 0 Å². The van der Waals surface area contributed by atoms with Gasteiger partial charge in [-0.3, -0.25) is 0 Å². The monoisotopic (exact) mass is 183 g/mol. The van der Waals surface area contributed by atoms with Crippen LogP contribution in [0.1, 0.15) is 5.56 Å². The number of alkyl halides is 1. The lowest BCUT2D eigenvalue weighted by Crippen LogP contribution is -2.38. The minimum absolute atomic E-state index is 0.0741. The van der Waals surface area contributed by atoms with Crippen LogP contribution in [-0.2, 0) is 10.5 Å². The predicted octanol–water partition coefficient (Wildman–Crippen LogP) is 0.895. The van der Waals surface area contributed by atoms with Crippen LogP contribution in [0.3, 0.4) is 0 Å². The van der Waals surface area contributed by atoms with E-state index in [-0.39, 0.29) is 5.56 Å². The summed E-state index contributed by atoms with van der Waals surface area (Å²) < 4.78 is 13.7. The normalized spacial score (nSPS) is 14.9. The van der Waals surface area contributed by atoms with E-state index in [1.807, 2.05) is 0 Å². The van der Waals surface area contributed by atoms with Crippen molar-refractivity contribution in [2.24, 2.45) is 5.73 Å². The quantitative estimate of drug-likeness (QED) is 0.731. The molecule has 0 aliphatic rings. The molecule has 70 valence electrons. The highest BCUT2D eigenvalue weighted by molar-refractivity contribution is 5.79. The van der Waals surface area contributed by atoms with E-state index in [1.54, 1.807) is 18.2 Å². The number of hydrogen-bond donors (Lipinski definition) is 2. The Balaban J connectivity index is 3.11. The molecule has 1 unspecified atom stereocenters. The van der Waals surface area contributed by atoms with Gasteiger partial charge < -0.3 is 10.8 Å². The van der Waals surface area contributed by atoms with Gasteiger partial charge >= 0.3 is 5.97 Å². The number of hydrogen-bond acceptors (Lipinski definition) is 2. The molecule has 0 heterocycles. The minimum atomic E-state index is -2.47. The number of carboxylic acids is 1. The third-order valence-electron chi connectivity index (χ3n) is 1.85. The van der Waals surface area contributed by atoms with Gasteiger partial charge in [0, 0.05) is 12.1 Å². The van der Waals surface area contributed by atoms with Gasteiger partial charge in [0.15, 0.2) is 0 Å². The Kier molecular flexibility index (Phi) is 2.63. The van der Waals surface area contributed by atoms with Crippen molar-refractivity contribution in [1.82, 2.24) is 0 Å². The molecular weight excluding hydrogens is 173 g/mol. The van der Waals surface area contributed by atoms with E-state index in [9.17, 15) is 9.18 Å². The van der Waals surface area contributed by atoms with Crippen LogP contribution in [0.5, 0.6) is 0 Å². The van der Waals surface area contributed by atoms with Crippen LogP contribution in [-0.4, -0.2) is 17.6 Å². The second-order valence-corrected chi connectivity index (χ2v) is 2.68. The largest absolute Gasteiger partial charge is 0.479 e. The van der Waals surface area contributed by atoms with Crippen molar-refractivity contribution in [3.05, 3.63) is 35.9 Å². The van der Waals surface area contributed by atoms with E-state index in [1.165, 1.54) is 12.1 Å². The molecule has 3 nitrogen and oxygen atoms in total. The number of rotatable bonds is 3. The predicted molar refractivity (Wildman–Crippen MR) is 45.9 cm³/mol. The maximum Gasteiger partial charge on any atom is 0.347 e. The summed E-state index contributed by atoms with van der Waals surface area (Å²) in [6.07, 6.45) is 0. The molecular formula is C9H10FNO2. The molecule has 0 amide bonds. The summed E-state index contributed by atoms with van der Waals surface area (Å²) in [6.45, 7) is -0.563. The molecule has 3 N–H and O–H groups in total. The van der Waals surface area contributed by atoms with Gasteiger partial charge in [0.2, 0.25) is 5.67 Å². The highest BCUT2D eigenvalue weighted by atomic mass is 19.1. The molecule has 0 bridgehead atoms. The first kappa shape index (κ1) is 9.67. The Bertz CT molecular complexity index is 302. The zero-order valence-corrected chi connectivity index (χ0v) is 6.90. The second-order valence-electron chi connectivity index (χ2n) is 2.68. The smallest absolute Gasteiger partial charge is 0.347 e. The van der Waals surface area contributed by atoms with E-state index in [0.717, 1.165) is 0 Å². The lowest BCUT2D eigenvalue weighted by molar-refractivity contribution is -0.150. The highest BCUT2D eigenvalue weighted by Crippen LogP contribution is 2.24. The van der Waals surface area contributed by atoms with Crippen LogP contribution in [0, 0.1) is 0 Å². The number of carbonyl (C=O) groups is 1. The van der Waals surface area contributed by atoms with Crippen molar-refractivity contribution in [3.63, 3.8) is 0 Å². The zero-order chi connectivity index (χ0) is 9.90. The van der Waals surface area contributed by atoms with E-state index < -0.39 is 18.2 Å². The average molecular weight is 183 g/mol. The molecule has 0 fully saturated rings. The molecule has 1 aromatic carbocycles. The summed E-state index contributed by atoms with van der Waals surface area (Å²) in [5.74, 6) is -1.55. The van der Waals surface area contributed by atoms with Gasteiger partial charge in [-0.1, -0.05) is 30.3 Å². The first-order chi connectivity index (χ1) is 6.11. The molecule has 0 saturated carbocycles. The van der Waals surface area contributed by atoms with Crippen LogP contribution in [0.15, 0.2) is 30.3 Å². The molecule has 0 radical (unpaired) electrons. The van der Waals surface area contributed by atoms with Crippen LogP contribution in [0.4, 0.5) is 4.39 Å². The molecule has 0 aliphatic heterocycles. The van der Waals surface area contributed by atoms with Gasteiger partial charge in [-0.05, 0) is 0 Å². The molecule has 0 spiro atoms. The number of carboxylic acid groups (broad SMARTS) is 1. The summed E-state index contributed by atoms with van der Waals surface area (Å²) in [5, 5.41) is 8.63. The molecule has 1 aromatic rings. The van der Waals surface area contributed by atoms with E-state index >= 15 is 0 Å². The molecule has 0 saturated heterocycles. The fourth-order valence-corrected chi connectivity index (χ4v) is 1.03. The maximum absolute atomic E-state index is 13.7. The Labute approximate surface area is 75.0 Å². The Morgan fingerprint density at radius 3 is 2.38 bits per heavy atom. The molecule has 13 heavy (non-hydrogen) atoms. The minimum Gasteiger partial charge on any atom is -0.479 e. The summed E-state index contributed by atoms with van der Waals surface area (Å²) in [4.78, 5) is 10.6. The van der Waals surface area contributed by atoms with Gasteiger partial charge in [0.25, 0.3) is 0 Å². The molecule has 0 aliphatic carbocycles. The average Bonchev–Trinajstić information content (AvgIpc) is 2.17. The van der Waals surface area contributed by atoms with Gasteiger partial charge in [0.1, 0.15) is 0 Å². The molecule has 0 aromatic heterocycles. The number of nitrogens with two attached hydrogens (primary N) is 1. The fourth-order valence-electron chi connectivity index (χ4n) is 1.03. The number of benzene rings is 1. The maximum atomic E-state index is 13.7. The number of aliphatic carboxylic acids is 1. The number of halogens is 1. The van der Waals surface area contributed by atoms with Crippen molar-refractivity contribution in [3.8, 4) is 0 Å². The van der Waals surface area contributed by atoms with Gasteiger partial charge in [-0.2, -0.15) is 0 Å². The van der Waals surface area contributed by atoms with Crippen molar-refractivity contribution < 1.29 is 14.3 Å². The van der Waals surface area contributed by atoms with Gasteiger partial charge in [-0.15, -0.1) is 0 Å². The first-order valence-corrected chi connectivity index (χ1v) is 3.79. The summed E-state index contributed by atoms with van der Waals surface area (Å²) in [7, 11) is 0. The van der Waals surface area contributed by atoms with Crippen molar-refractivity contribution in [2.75, 3.05) is 6.54 Å². The van der Waals surface area contributed by atoms with Gasteiger partial charge in [-0.25, -0.2) is 9.18 Å². The third-order valence-corrected chi connectivity index (χ3v) is 1.85. The first-order valence-electron chi connectivity index (χ1n) is 3.79. The second kappa shape index (κ2) is 3.53. The van der Waals surface area contributed by atoms with Crippen LogP contribution in [0.25, 0.3) is 0 Å². The van der Waals surface area contributed by atoms with E-state index in [0.29, 0.717) is 0 Å². The Morgan fingerprint density at radius 2 is 2.00 bits per heavy atom. The highest BCUT2D eigenvalue weighted by Gasteiger charge is 2.39. The lowest BCUT2D eigenvalue weighted by Gasteiger charge is -2.18.